The van der Waals surface area contributed by atoms with Crippen LogP contribution in [0.4, 0.5) is 0 Å². The predicted molar refractivity (Wildman–Crippen MR) is 159 cm³/mol. The summed E-state index contributed by atoms with van der Waals surface area (Å²) in [6, 6.07) is -0.644. The Morgan fingerprint density at radius 3 is 1.60 bits per heavy atom. The number of carboxylic acid groups (broad SMARTS) is 3. The van der Waals surface area contributed by atoms with Crippen LogP contribution in [0.25, 0.3) is 0 Å². The zero-order valence-corrected chi connectivity index (χ0v) is 25.5. The van der Waals surface area contributed by atoms with Gasteiger partial charge in [0.1, 0.15) is 6.04 Å². The van der Waals surface area contributed by atoms with Gasteiger partial charge in [0.05, 0.1) is 19.6 Å². The Hall–Kier alpha value is -2.89. The molecular formula is C27H52N8O8. The molecule has 16 heteroatoms. The number of nitrogens with zero attached hydrogens (tertiary/aromatic N) is 4. The first-order valence-corrected chi connectivity index (χ1v) is 15.1. The number of carboxylic acids is 3. The van der Waals surface area contributed by atoms with Crippen LogP contribution in [-0.4, -0.2) is 169 Å². The van der Waals surface area contributed by atoms with Crippen LogP contribution in [0, 0.1) is 0 Å². The van der Waals surface area contributed by atoms with E-state index in [1.807, 2.05) is 11.8 Å². The molecule has 0 radical (unpaired) electrons. The minimum absolute atomic E-state index is 0.144. The van der Waals surface area contributed by atoms with Gasteiger partial charge >= 0.3 is 17.9 Å². The third kappa shape index (κ3) is 19.1. The maximum Gasteiger partial charge on any atom is 0.317 e. The zero-order valence-electron chi connectivity index (χ0n) is 25.5. The summed E-state index contributed by atoms with van der Waals surface area (Å²) in [4.78, 5) is 66.5. The molecule has 1 aliphatic rings. The standard InChI is InChI=1S/C27H52N8O8/c1-2-3-8-30-27(43)22(5-4-7-28)31-23(36)6-9-29-21-35-16-14-33(19-25(39)40)12-10-32(18-24(37)38)11-13-34(15-17-35)20-26(41)42/h22,29H,2-21,28H2,1H3,(H,30,43)(H,31,36)(H,37,38)(H,39,40)(H,41,42)/t22-/m1/s1. The number of amides is 2. The van der Waals surface area contributed by atoms with Crippen LogP contribution < -0.4 is 21.7 Å². The van der Waals surface area contributed by atoms with Gasteiger partial charge < -0.3 is 37.0 Å². The number of carbonyl (C=O) groups is 5. The van der Waals surface area contributed by atoms with E-state index in [0.29, 0.717) is 91.5 Å². The van der Waals surface area contributed by atoms with Crippen molar-refractivity contribution in [1.29, 1.82) is 0 Å². The van der Waals surface area contributed by atoms with Crippen molar-refractivity contribution < 1.29 is 39.3 Å². The van der Waals surface area contributed by atoms with Crippen LogP contribution in [0.1, 0.15) is 39.0 Å². The molecule has 43 heavy (non-hydrogen) atoms. The molecule has 0 aliphatic carbocycles. The maximum absolute atomic E-state index is 12.6. The van der Waals surface area contributed by atoms with E-state index in [-0.39, 0.29) is 37.9 Å². The predicted octanol–water partition coefficient (Wildman–Crippen LogP) is -2.46. The topological polar surface area (TPSA) is 221 Å². The van der Waals surface area contributed by atoms with Crippen molar-refractivity contribution >= 4 is 29.7 Å². The van der Waals surface area contributed by atoms with Crippen molar-refractivity contribution in [3.63, 3.8) is 0 Å². The Morgan fingerprint density at radius 1 is 0.721 bits per heavy atom. The Balaban J connectivity index is 2.75. The molecule has 0 unspecified atom stereocenters. The van der Waals surface area contributed by atoms with E-state index in [0.717, 1.165) is 12.8 Å². The number of hydrogen-bond donors (Lipinski definition) is 7. The summed E-state index contributed by atoms with van der Waals surface area (Å²) in [5.41, 5.74) is 5.60. The fourth-order valence-electron chi connectivity index (χ4n) is 4.59. The van der Waals surface area contributed by atoms with Crippen LogP contribution in [0.3, 0.4) is 0 Å². The van der Waals surface area contributed by atoms with E-state index in [4.69, 9.17) is 5.73 Å². The van der Waals surface area contributed by atoms with Crippen LogP contribution in [0.5, 0.6) is 0 Å². The highest BCUT2D eigenvalue weighted by Crippen LogP contribution is 2.02. The molecular weight excluding hydrogens is 564 g/mol. The van der Waals surface area contributed by atoms with Crippen LogP contribution in [0.15, 0.2) is 0 Å². The number of carbonyl (C=O) groups excluding carboxylic acids is 2. The van der Waals surface area contributed by atoms with Crippen molar-refractivity contribution in [1.82, 2.24) is 35.6 Å². The van der Waals surface area contributed by atoms with Crippen molar-refractivity contribution in [3.05, 3.63) is 0 Å². The lowest BCUT2D eigenvalue weighted by atomic mass is 10.1. The van der Waals surface area contributed by atoms with Gasteiger partial charge in [-0.15, -0.1) is 0 Å². The summed E-state index contributed by atoms with van der Waals surface area (Å²) in [6.07, 6.45) is 3.01. The molecule has 0 bridgehead atoms. The van der Waals surface area contributed by atoms with Crippen LogP contribution >= 0.6 is 0 Å². The van der Waals surface area contributed by atoms with E-state index in [1.165, 1.54) is 0 Å². The fraction of sp³-hybridized carbons (Fsp3) is 0.815. The van der Waals surface area contributed by atoms with Crippen molar-refractivity contribution in [2.75, 3.05) is 98.3 Å². The Bertz CT molecular complexity index is 833. The van der Waals surface area contributed by atoms with Gasteiger partial charge in [-0.25, -0.2) is 0 Å². The molecule has 0 aromatic heterocycles. The summed E-state index contributed by atoms with van der Waals surface area (Å²) in [5, 5.41) is 36.9. The molecule has 8 N–H and O–H groups in total. The lowest BCUT2D eigenvalue weighted by molar-refractivity contribution is -0.140. The molecule has 0 saturated carbocycles. The van der Waals surface area contributed by atoms with E-state index in [2.05, 4.69) is 16.0 Å². The second-order valence-electron chi connectivity index (χ2n) is 10.7. The van der Waals surface area contributed by atoms with Gasteiger partial charge in [0, 0.05) is 78.5 Å². The van der Waals surface area contributed by atoms with E-state index < -0.39 is 23.9 Å². The Kier molecular flexibility index (Phi) is 20.1. The highest BCUT2D eigenvalue weighted by molar-refractivity contribution is 5.87. The molecule has 1 fully saturated rings. The van der Waals surface area contributed by atoms with Gasteiger partial charge in [0.2, 0.25) is 11.8 Å². The first-order chi connectivity index (χ1) is 20.5. The monoisotopic (exact) mass is 616 g/mol. The smallest absolute Gasteiger partial charge is 0.317 e. The summed E-state index contributed by atoms with van der Waals surface area (Å²) < 4.78 is 0. The molecule has 0 spiro atoms. The van der Waals surface area contributed by atoms with Crippen LogP contribution in [-0.2, 0) is 24.0 Å². The number of hydrogen-bond acceptors (Lipinski definition) is 11. The highest BCUT2D eigenvalue weighted by atomic mass is 16.4. The van der Waals surface area contributed by atoms with Crippen LogP contribution in [0.2, 0.25) is 0 Å². The number of nitrogens with one attached hydrogen (secondary N) is 3. The lowest BCUT2D eigenvalue weighted by Crippen LogP contribution is -2.50. The normalized spacial score (nSPS) is 17.3. The molecule has 16 nitrogen and oxygen atoms in total. The summed E-state index contributed by atoms with van der Waals surface area (Å²) >= 11 is 0. The Labute approximate surface area is 253 Å². The summed E-state index contributed by atoms with van der Waals surface area (Å²) in [7, 11) is 0. The van der Waals surface area contributed by atoms with Gasteiger partial charge in [-0.3, -0.25) is 43.6 Å². The molecule has 248 valence electrons. The summed E-state index contributed by atoms with van der Waals surface area (Å²) in [5.74, 6) is -3.45. The molecule has 0 aromatic carbocycles. The molecule has 1 rings (SSSR count). The molecule has 1 atom stereocenters. The van der Waals surface area contributed by atoms with E-state index in [9.17, 15) is 39.3 Å². The van der Waals surface area contributed by atoms with Gasteiger partial charge in [-0.05, 0) is 25.8 Å². The fourth-order valence-corrected chi connectivity index (χ4v) is 4.59. The first kappa shape index (κ1) is 38.1. The second kappa shape index (κ2) is 22.6. The average Bonchev–Trinajstić information content (AvgIpc) is 2.93. The second-order valence-corrected chi connectivity index (χ2v) is 10.7. The third-order valence-corrected chi connectivity index (χ3v) is 7.05. The zero-order chi connectivity index (χ0) is 32.0. The maximum atomic E-state index is 12.6. The SMILES string of the molecule is CCCCNC(=O)[C@@H](CCCN)NC(=O)CCNCN1CCN(CC(=O)O)CCN(CC(=O)O)CCN(CC(=O)O)CC1. The van der Waals surface area contributed by atoms with Gasteiger partial charge in [-0.2, -0.15) is 0 Å². The molecule has 1 saturated heterocycles. The molecule has 0 aromatic rings. The van der Waals surface area contributed by atoms with Crippen molar-refractivity contribution in [2.45, 2.75) is 45.1 Å². The van der Waals surface area contributed by atoms with E-state index >= 15 is 0 Å². The van der Waals surface area contributed by atoms with E-state index in [1.54, 1.807) is 14.7 Å². The number of unbranched alkanes of at least 4 members (excludes halogenated alkanes) is 1. The Morgan fingerprint density at radius 2 is 1.19 bits per heavy atom. The van der Waals surface area contributed by atoms with Gasteiger partial charge in [0.25, 0.3) is 0 Å². The third-order valence-electron chi connectivity index (χ3n) is 7.05. The lowest BCUT2D eigenvalue weighted by Gasteiger charge is -2.33. The number of rotatable bonds is 19. The summed E-state index contributed by atoms with van der Waals surface area (Å²) in [6.45, 7) is 6.24. The number of aliphatic carboxylic acids is 3. The quantitative estimate of drug-likeness (QED) is 0.0749. The molecule has 1 aliphatic heterocycles. The minimum atomic E-state index is -1.01. The van der Waals surface area contributed by atoms with Crippen molar-refractivity contribution in [3.8, 4) is 0 Å². The highest BCUT2D eigenvalue weighted by Gasteiger charge is 2.21. The minimum Gasteiger partial charge on any atom is -0.480 e. The molecule has 1 heterocycles. The molecule has 2 amide bonds. The van der Waals surface area contributed by atoms with Crippen molar-refractivity contribution in [2.24, 2.45) is 5.73 Å². The average molecular weight is 617 g/mol. The largest absolute Gasteiger partial charge is 0.480 e. The van der Waals surface area contributed by atoms with Gasteiger partial charge in [0.15, 0.2) is 0 Å². The number of nitrogens with two attached hydrogens (primary N) is 1. The first-order valence-electron chi connectivity index (χ1n) is 15.1. The van der Waals surface area contributed by atoms with Gasteiger partial charge in [-0.1, -0.05) is 13.3 Å².